The molecule has 112 valence electrons. The minimum absolute atomic E-state index is 0.227. The summed E-state index contributed by atoms with van der Waals surface area (Å²) in [5.74, 6) is 0. The van der Waals surface area contributed by atoms with Gasteiger partial charge in [-0.3, -0.25) is 0 Å². The number of alkyl carbamates (subject to hydrolysis) is 1. The summed E-state index contributed by atoms with van der Waals surface area (Å²) in [6, 6.07) is 2.85. The fourth-order valence-corrected chi connectivity index (χ4v) is 3.10. The van der Waals surface area contributed by atoms with Crippen LogP contribution in [0, 0.1) is 0 Å². The molecule has 1 aliphatic rings. The van der Waals surface area contributed by atoms with E-state index in [1.807, 2.05) is 20.8 Å². The first-order valence-electron chi connectivity index (χ1n) is 7.16. The number of hydrogen-bond donors (Lipinski definition) is 2. The summed E-state index contributed by atoms with van der Waals surface area (Å²) in [5.41, 5.74) is 0.901. The Bertz CT molecular complexity index is 426. The van der Waals surface area contributed by atoms with Crippen LogP contribution in [0.15, 0.2) is 16.8 Å². The molecule has 1 fully saturated rings. The second-order valence-electron chi connectivity index (χ2n) is 6.37. The Balaban J connectivity index is 1.68. The van der Waals surface area contributed by atoms with Crippen LogP contribution in [-0.4, -0.2) is 23.8 Å². The van der Waals surface area contributed by atoms with E-state index in [0.29, 0.717) is 6.04 Å². The van der Waals surface area contributed by atoms with Crippen molar-refractivity contribution in [3.8, 4) is 0 Å². The molecule has 20 heavy (non-hydrogen) atoms. The van der Waals surface area contributed by atoms with Gasteiger partial charge in [0.15, 0.2) is 0 Å². The fraction of sp³-hybridized carbons (Fsp3) is 0.667. The van der Waals surface area contributed by atoms with Crippen LogP contribution in [0.2, 0.25) is 0 Å². The molecule has 0 spiro atoms. The number of carbonyl (C=O) groups excluding carboxylic acids is 1. The van der Waals surface area contributed by atoms with Gasteiger partial charge in [0.1, 0.15) is 5.60 Å². The number of thiophene rings is 1. The molecule has 0 saturated heterocycles. The maximum atomic E-state index is 11.7. The van der Waals surface area contributed by atoms with Gasteiger partial charge in [0.2, 0.25) is 0 Å². The lowest BCUT2D eigenvalue weighted by Gasteiger charge is -2.21. The average Bonchev–Trinajstić information content (AvgIpc) is 2.94. The van der Waals surface area contributed by atoms with Crippen molar-refractivity contribution in [2.45, 2.75) is 64.3 Å². The summed E-state index contributed by atoms with van der Waals surface area (Å²) < 4.78 is 5.28. The second kappa shape index (κ2) is 6.59. The smallest absolute Gasteiger partial charge is 0.407 e. The molecule has 0 aliphatic heterocycles. The minimum Gasteiger partial charge on any atom is -0.444 e. The third-order valence-electron chi connectivity index (χ3n) is 3.33. The van der Waals surface area contributed by atoms with Crippen molar-refractivity contribution in [3.05, 3.63) is 22.4 Å². The largest absolute Gasteiger partial charge is 0.444 e. The lowest BCUT2D eigenvalue weighted by Crippen LogP contribution is -2.38. The predicted molar refractivity (Wildman–Crippen MR) is 82.0 cm³/mol. The average molecular weight is 296 g/mol. The first kappa shape index (κ1) is 15.3. The van der Waals surface area contributed by atoms with Gasteiger partial charge in [0.25, 0.3) is 0 Å². The zero-order valence-corrected chi connectivity index (χ0v) is 13.3. The molecule has 5 heteroatoms. The highest BCUT2D eigenvalue weighted by Crippen LogP contribution is 2.20. The van der Waals surface area contributed by atoms with Crippen molar-refractivity contribution in [2.24, 2.45) is 0 Å². The van der Waals surface area contributed by atoms with Gasteiger partial charge in [0.05, 0.1) is 0 Å². The van der Waals surface area contributed by atoms with Gasteiger partial charge in [-0.05, 0) is 62.4 Å². The molecule has 2 atom stereocenters. The van der Waals surface area contributed by atoms with Crippen LogP contribution in [-0.2, 0) is 11.3 Å². The van der Waals surface area contributed by atoms with Gasteiger partial charge in [-0.15, -0.1) is 0 Å². The monoisotopic (exact) mass is 296 g/mol. The first-order chi connectivity index (χ1) is 9.42. The van der Waals surface area contributed by atoms with E-state index in [2.05, 4.69) is 27.5 Å². The zero-order chi connectivity index (χ0) is 14.6. The molecule has 2 unspecified atom stereocenters. The summed E-state index contributed by atoms with van der Waals surface area (Å²) in [6.45, 7) is 6.55. The van der Waals surface area contributed by atoms with Crippen LogP contribution in [0.1, 0.15) is 45.6 Å². The van der Waals surface area contributed by atoms with E-state index in [4.69, 9.17) is 4.74 Å². The highest BCUT2D eigenvalue weighted by Gasteiger charge is 2.27. The number of carbonyl (C=O) groups is 1. The molecule has 0 radical (unpaired) electrons. The Kier molecular flexibility index (Phi) is 5.05. The lowest BCUT2D eigenvalue weighted by atomic mass is 10.2. The van der Waals surface area contributed by atoms with Crippen molar-refractivity contribution in [2.75, 3.05) is 0 Å². The van der Waals surface area contributed by atoms with E-state index in [1.54, 1.807) is 11.3 Å². The Morgan fingerprint density at radius 1 is 1.40 bits per heavy atom. The van der Waals surface area contributed by atoms with Gasteiger partial charge in [-0.1, -0.05) is 0 Å². The van der Waals surface area contributed by atoms with E-state index in [-0.39, 0.29) is 12.1 Å². The van der Waals surface area contributed by atoms with E-state index in [9.17, 15) is 4.79 Å². The number of rotatable bonds is 4. The van der Waals surface area contributed by atoms with E-state index in [1.165, 1.54) is 5.56 Å². The number of ether oxygens (including phenoxy) is 1. The highest BCUT2D eigenvalue weighted by molar-refractivity contribution is 7.07. The Labute approximate surface area is 124 Å². The van der Waals surface area contributed by atoms with Crippen molar-refractivity contribution in [3.63, 3.8) is 0 Å². The lowest BCUT2D eigenvalue weighted by molar-refractivity contribution is 0.0505. The molecule has 2 N–H and O–H groups in total. The van der Waals surface area contributed by atoms with Crippen molar-refractivity contribution >= 4 is 17.4 Å². The Morgan fingerprint density at radius 3 is 2.80 bits per heavy atom. The third kappa shape index (κ3) is 5.13. The van der Waals surface area contributed by atoms with Crippen LogP contribution in [0.4, 0.5) is 4.79 Å². The minimum atomic E-state index is -0.431. The number of nitrogens with one attached hydrogen (secondary N) is 2. The summed E-state index contributed by atoms with van der Waals surface area (Å²) in [7, 11) is 0. The van der Waals surface area contributed by atoms with Gasteiger partial charge in [-0.25, -0.2) is 4.79 Å². The van der Waals surface area contributed by atoms with Gasteiger partial charge in [-0.2, -0.15) is 11.3 Å². The van der Waals surface area contributed by atoms with Crippen molar-refractivity contribution in [1.82, 2.24) is 10.6 Å². The van der Waals surface area contributed by atoms with Crippen LogP contribution in [0.3, 0.4) is 0 Å². The summed E-state index contributed by atoms with van der Waals surface area (Å²) >= 11 is 1.72. The standard InChI is InChI=1S/C15H24N2O2S/c1-15(2,3)19-14(18)17-13-5-4-12(8-13)16-9-11-6-7-20-10-11/h6-7,10,12-13,16H,4-5,8-9H2,1-3H3,(H,17,18). The zero-order valence-electron chi connectivity index (χ0n) is 12.4. The topological polar surface area (TPSA) is 50.4 Å². The predicted octanol–water partition coefficient (Wildman–Crippen LogP) is 3.28. The van der Waals surface area contributed by atoms with E-state index < -0.39 is 5.60 Å². The SMILES string of the molecule is CC(C)(C)OC(=O)NC1CCC(NCc2ccsc2)C1. The molecule has 1 heterocycles. The molecule has 1 aliphatic carbocycles. The molecule has 1 saturated carbocycles. The molecule has 4 nitrogen and oxygen atoms in total. The molecule has 2 rings (SSSR count). The van der Waals surface area contributed by atoms with E-state index in [0.717, 1.165) is 25.8 Å². The maximum absolute atomic E-state index is 11.7. The molecular weight excluding hydrogens is 272 g/mol. The Morgan fingerprint density at radius 2 is 2.15 bits per heavy atom. The summed E-state index contributed by atoms with van der Waals surface area (Å²) in [4.78, 5) is 11.7. The van der Waals surface area contributed by atoms with Crippen LogP contribution < -0.4 is 10.6 Å². The first-order valence-corrected chi connectivity index (χ1v) is 8.10. The van der Waals surface area contributed by atoms with E-state index >= 15 is 0 Å². The van der Waals surface area contributed by atoms with Crippen LogP contribution >= 0.6 is 11.3 Å². The quantitative estimate of drug-likeness (QED) is 0.896. The Hall–Kier alpha value is -1.07. The molecular formula is C15H24N2O2S. The maximum Gasteiger partial charge on any atom is 0.407 e. The van der Waals surface area contributed by atoms with Crippen molar-refractivity contribution in [1.29, 1.82) is 0 Å². The van der Waals surface area contributed by atoms with Gasteiger partial charge < -0.3 is 15.4 Å². The van der Waals surface area contributed by atoms with Gasteiger partial charge >= 0.3 is 6.09 Å². The highest BCUT2D eigenvalue weighted by atomic mass is 32.1. The van der Waals surface area contributed by atoms with Crippen LogP contribution in [0.25, 0.3) is 0 Å². The molecule has 1 amide bonds. The van der Waals surface area contributed by atoms with Crippen molar-refractivity contribution < 1.29 is 9.53 Å². The molecule has 0 aromatic carbocycles. The summed E-state index contributed by atoms with van der Waals surface area (Å²) in [6.07, 6.45) is 2.79. The van der Waals surface area contributed by atoms with Gasteiger partial charge in [0, 0.05) is 18.6 Å². The number of amides is 1. The fourth-order valence-electron chi connectivity index (χ4n) is 2.43. The molecule has 1 aromatic rings. The summed E-state index contributed by atoms with van der Waals surface area (Å²) in [5, 5.41) is 10.8. The molecule has 0 bridgehead atoms. The third-order valence-corrected chi connectivity index (χ3v) is 4.06. The number of hydrogen-bond acceptors (Lipinski definition) is 4. The molecule has 1 aromatic heterocycles. The second-order valence-corrected chi connectivity index (χ2v) is 7.15. The van der Waals surface area contributed by atoms with Crippen LogP contribution in [0.5, 0.6) is 0 Å². The normalized spacial score (nSPS) is 22.8.